The van der Waals surface area contributed by atoms with Crippen LogP contribution in [0.15, 0.2) is 54.7 Å². The van der Waals surface area contributed by atoms with Crippen LogP contribution in [-0.4, -0.2) is 35.2 Å². The zero-order valence-electron chi connectivity index (χ0n) is 16.4. The summed E-state index contributed by atoms with van der Waals surface area (Å²) < 4.78 is 6.28. The molecule has 6 heteroatoms. The normalized spacial score (nSPS) is 21.8. The van der Waals surface area contributed by atoms with Gasteiger partial charge < -0.3 is 15.4 Å². The lowest BCUT2D eigenvalue weighted by Crippen LogP contribution is -2.43. The quantitative estimate of drug-likeness (QED) is 0.646. The van der Waals surface area contributed by atoms with E-state index in [9.17, 15) is 0 Å². The third-order valence-corrected chi connectivity index (χ3v) is 5.90. The van der Waals surface area contributed by atoms with E-state index in [-0.39, 0.29) is 18.5 Å². The maximum Gasteiger partial charge on any atom is 0.217 e. The van der Waals surface area contributed by atoms with E-state index in [1.54, 1.807) is 0 Å². The molecule has 2 N–H and O–H groups in total. The van der Waals surface area contributed by atoms with E-state index in [1.807, 2.05) is 24.4 Å². The monoisotopic (exact) mass is 410 g/mol. The fourth-order valence-corrected chi connectivity index (χ4v) is 4.24. The summed E-state index contributed by atoms with van der Waals surface area (Å²) in [5.74, 6) is 2.33. The van der Waals surface area contributed by atoms with Gasteiger partial charge in [-0.25, -0.2) is 9.97 Å². The lowest BCUT2D eigenvalue weighted by atomic mass is 9.88. The summed E-state index contributed by atoms with van der Waals surface area (Å²) in [6.07, 6.45) is 6.35. The number of hydrogen-bond donors (Lipinski definition) is 2. The molecule has 152 valence electrons. The first-order valence-corrected chi connectivity index (χ1v) is 10.3. The summed E-state index contributed by atoms with van der Waals surface area (Å²) in [7, 11) is 0. The number of para-hydroxylation sites is 1. The molecule has 2 aromatic heterocycles. The van der Waals surface area contributed by atoms with Crippen molar-refractivity contribution >= 4 is 29.1 Å². The van der Waals surface area contributed by atoms with Crippen LogP contribution in [0.1, 0.15) is 37.2 Å². The molecule has 1 saturated heterocycles. The van der Waals surface area contributed by atoms with Crippen LogP contribution >= 0.6 is 12.4 Å². The Labute approximate surface area is 177 Å². The minimum absolute atomic E-state index is 0. The number of piperidine rings is 1. The summed E-state index contributed by atoms with van der Waals surface area (Å²) >= 11 is 0. The number of aromatic nitrogens is 2. The first kappa shape index (κ1) is 19.9. The van der Waals surface area contributed by atoms with Crippen LogP contribution in [0.2, 0.25) is 0 Å². The van der Waals surface area contributed by atoms with Crippen LogP contribution in [0.5, 0.6) is 5.88 Å². The van der Waals surface area contributed by atoms with E-state index in [0.717, 1.165) is 56.0 Å². The predicted molar refractivity (Wildman–Crippen MR) is 119 cm³/mol. The van der Waals surface area contributed by atoms with Gasteiger partial charge in [0, 0.05) is 36.0 Å². The standard InChI is InChI=1S/C23H26N4O.ClH/c1-2-6-21-17(4-1)7-8-22(27-21)26-18-14-19(15-18)28-23-20(5-3-11-25-23)16-9-12-24-13-10-16;/h1-8,11,16,18-19,24H,9-10,12-15H2,(H,26,27);1H/t18-,19-;. The van der Waals surface area contributed by atoms with Gasteiger partial charge in [-0.15, -0.1) is 12.4 Å². The molecule has 0 unspecified atom stereocenters. The van der Waals surface area contributed by atoms with Crippen molar-refractivity contribution in [2.45, 2.75) is 43.7 Å². The van der Waals surface area contributed by atoms with Crippen molar-refractivity contribution in [3.8, 4) is 5.88 Å². The first-order chi connectivity index (χ1) is 13.8. The number of ether oxygens (including phenoxy) is 1. The van der Waals surface area contributed by atoms with Gasteiger partial charge in [-0.3, -0.25) is 0 Å². The average Bonchev–Trinajstić information content (AvgIpc) is 2.73. The number of nitrogens with zero attached hydrogens (tertiary/aromatic N) is 2. The Balaban J connectivity index is 0.00000205. The third kappa shape index (κ3) is 4.46. The van der Waals surface area contributed by atoms with Gasteiger partial charge in [0.25, 0.3) is 0 Å². The smallest absolute Gasteiger partial charge is 0.217 e. The van der Waals surface area contributed by atoms with E-state index in [0.29, 0.717) is 12.0 Å². The molecule has 1 aromatic carbocycles. The Hall–Kier alpha value is -2.37. The van der Waals surface area contributed by atoms with Gasteiger partial charge in [0.15, 0.2) is 0 Å². The van der Waals surface area contributed by atoms with Crippen LogP contribution in [-0.2, 0) is 0 Å². The van der Waals surface area contributed by atoms with Gasteiger partial charge in [-0.1, -0.05) is 24.3 Å². The summed E-state index contributed by atoms with van der Waals surface area (Å²) in [4.78, 5) is 9.25. The van der Waals surface area contributed by atoms with Crippen molar-refractivity contribution in [1.82, 2.24) is 15.3 Å². The fraction of sp³-hybridized carbons (Fsp3) is 0.391. The summed E-state index contributed by atoms with van der Waals surface area (Å²) in [5.41, 5.74) is 2.30. The van der Waals surface area contributed by atoms with Gasteiger partial charge in [-0.05, 0) is 56.1 Å². The van der Waals surface area contributed by atoms with Crippen LogP contribution in [0.3, 0.4) is 0 Å². The van der Waals surface area contributed by atoms with Crippen molar-refractivity contribution in [2.24, 2.45) is 0 Å². The highest BCUT2D eigenvalue weighted by Crippen LogP contribution is 2.34. The molecule has 1 aliphatic carbocycles. The third-order valence-electron chi connectivity index (χ3n) is 5.90. The molecule has 0 atom stereocenters. The predicted octanol–water partition coefficient (Wildman–Crippen LogP) is 4.54. The van der Waals surface area contributed by atoms with E-state index < -0.39 is 0 Å². The molecular weight excluding hydrogens is 384 g/mol. The fourth-order valence-electron chi connectivity index (χ4n) is 4.24. The Bertz CT molecular complexity index is 954. The van der Waals surface area contributed by atoms with Crippen molar-refractivity contribution < 1.29 is 4.74 Å². The average molecular weight is 411 g/mol. The highest BCUT2D eigenvalue weighted by atomic mass is 35.5. The van der Waals surface area contributed by atoms with Crippen molar-refractivity contribution in [1.29, 1.82) is 0 Å². The maximum atomic E-state index is 6.28. The lowest BCUT2D eigenvalue weighted by molar-refractivity contribution is 0.100. The number of hydrogen-bond acceptors (Lipinski definition) is 5. The molecule has 1 saturated carbocycles. The molecule has 3 aromatic rings. The number of anilines is 1. The molecule has 0 bridgehead atoms. The summed E-state index contributed by atoms with van der Waals surface area (Å²) in [6, 6.07) is 17.0. The molecule has 5 nitrogen and oxygen atoms in total. The second-order valence-electron chi connectivity index (χ2n) is 7.86. The van der Waals surface area contributed by atoms with Crippen LogP contribution < -0.4 is 15.4 Å². The van der Waals surface area contributed by atoms with Gasteiger partial charge in [0.2, 0.25) is 5.88 Å². The minimum atomic E-state index is 0. The van der Waals surface area contributed by atoms with Crippen molar-refractivity contribution in [2.75, 3.05) is 18.4 Å². The van der Waals surface area contributed by atoms with Crippen molar-refractivity contribution in [3.05, 3.63) is 60.3 Å². The van der Waals surface area contributed by atoms with E-state index in [2.05, 4.69) is 45.9 Å². The number of fused-ring (bicyclic) bond motifs is 1. The van der Waals surface area contributed by atoms with E-state index in [4.69, 9.17) is 9.72 Å². The Morgan fingerprint density at radius 3 is 2.66 bits per heavy atom. The number of benzene rings is 1. The molecule has 3 heterocycles. The number of halogens is 1. The molecule has 2 aliphatic rings. The molecule has 5 rings (SSSR count). The lowest BCUT2D eigenvalue weighted by Gasteiger charge is -2.36. The first-order valence-electron chi connectivity index (χ1n) is 10.3. The topological polar surface area (TPSA) is 59.1 Å². The SMILES string of the molecule is Cl.c1cnc(O[C@H]2C[C@H](Nc3ccc4ccccc4n3)C2)c(C2CCNCC2)c1. The molecule has 2 fully saturated rings. The molecule has 0 amide bonds. The zero-order chi connectivity index (χ0) is 18.8. The van der Waals surface area contributed by atoms with Gasteiger partial charge in [0.1, 0.15) is 11.9 Å². The Morgan fingerprint density at radius 1 is 0.966 bits per heavy atom. The minimum Gasteiger partial charge on any atom is -0.474 e. The van der Waals surface area contributed by atoms with Crippen molar-refractivity contribution in [3.63, 3.8) is 0 Å². The molecule has 29 heavy (non-hydrogen) atoms. The molecule has 1 aliphatic heterocycles. The highest BCUT2D eigenvalue weighted by molar-refractivity contribution is 5.85. The molecule has 0 radical (unpaired) electrons. The van der Waals surface area contributed by atoms with Gasteiger partial charge >= 0.3 is 0 Å². The number of nitrogens with one attached hydrogen (secondary N) is 2. The largest absolute Gasteiger partial charge is 0.474 e. The number of rotatable bonds is 5. The van der Waals surface area contributed by atoms with Crippen LogP contribution in [0, 0.1) is 0 Å². The van der Waals surface area contributed by atoms with Gasteiger partial charge in [0.05, 0.1) is 5.52 Å². The second-order valence-corrected chi connectivity index (χ2v) is 7.86. The van der Waals surface area contributed by atoms with Gasteiger partial charge in [-0.2, -0.15) is 0 Å². The molecule has 0 spiro atoms. The van der Waals surface area contributed by atoms with Crippen LogP contribution in [0.25, 0.3) is 10.9 Å². The maximum absolute atomic E-state index is 6.28. The zero-order valence-corrected chi connectivity index (χ0v) is 17.2. The highest BCUT2D eigenvalue weighted by Gasteiger charge is 2.32. The van der Waals surface area contributed by atoms with E-state index in [1.165, 1.54) is 10.9 Å². The Kier molecular flexibility index (Phi) is 6.16. The molecular formula is C23H27ClN4O. The summed E-state index contributed by atoms with van der Waals surface area (Å²) in [6.45, 7) is 2.15. The number of pyridine rings is 2. The van der Waals surface area contributed by atoms with Crippen LogP contribution in [0.4, 0.5) is 5.82 Å². The van der Waals surface area contributed by atoms with E-state index >= 15 is 0 Å². The Morgan fingerprint density at radius 2 is 1.79 bits per heavy atom. The second kappa shape index (κ2) is 8.97. The summed E-state index contributed by atoms with van der Waals surface area (Å²) in [5, 5.41) is 8.15.